The van der Waals surface area contributed by atoms with Crippen LogP contribution in [0.4, 0.5) is 0 Å². The molecule has 2 heterocycles. The first kappa shape index (κ1) is 23.4. The lowest BCUT2D eigenvalue weighted by molar-refractivity contribution is 0.0519. The SMILES string of the molecule is CCOC(=O)c1nn(-c2ccccc2Cl)c(-c2nnc(-c3cccc(S(C)(=O)=O)c3)s2)c1Cl. The molecule has 0 spiro atoms. The highest BCUT2D eigenvalue weighted by molar-refractivity contribution is 7.90. The van der Waals surface area contributed by atoms with Gasteiger partial charge in [0.15, 0.2) is 20.5 Å². The Bertz CT molecular complexity index is 1460. The molecule has 8 nitrogen and oxygen atoms in total. The van der Waals surface area contributed by atoms with Gasteiger partial charge in [-0.3, -0.25) is 0 Å². The molecule has 0 aliphatic carbocycles. The van der Waals surface area contributed by atoms with Crippen LogP contribution >= 0.6 is 34.5 Å². The number of sulfone groups is 1. The summed E-state index contributed by atoms with van der Waals surface area (Å²) in [5.74, 6) is -0.680. The molecular formula is C21H16Cl2N4O4S2. The Labute approximate surface area is 203 Å². The summed E-state index contributed by atoms with van der Waals surface area (Å²) in [4.78, 5) is 12.6. The molecule has 4 aromatic rings. The van der Waals surface area contributed by atoms with Crippen molar-refractivity contribution in [2.75, 3.05) is 12.9 Å². The highest BCUT2D eigenvalue weighted by Gasteiger charge is 2.28. The van der Waals surface area contributed by atoms with E-state index in [1.807, 2.05) is 0 Å². The van der Waals surface area contributed by atoms with E-state index in [1.165, 1.54) is 28.2 Å². The molecule has 12 heteroatoms. The van der Waals surface area contributed by atoms with Gasteiger partial charge < -0.3 is 4.74 Å². The predicted molar refractivity (Wildman–Crippen MR) is 127 cm³/mol. The molecule has 2 aromatic carbocycles. The van der Waals surface area contributed by atoms with E-state index in [0.717, 1.165) is 6.26 Å². The van der Waals surface area contributed by atoms with Crippen LogP contribution in [0.3, 0.4) is 0 Å². The topological polar surface area (TPSA) is 104 Å². The second-order valence-corrected chi connectivity index (χ2v) is 10.6. The molecular weight excluding hydrogens is 507 g/mol. The van der Waals surface area contributed by atoms with Crippen molar-refractivity contribution in [2.45, 2.75) is 11.8 Å². The van der Waals surface area contributed by atoms with Gasteiger partial charge in [0.05, 0.1) is 22.2 Å². The summed E-state index contributed by atoms with van der Waals surface area (Å²) < 4.78 is 30.3. The Morgan fingerprint density at radius 3 is 2.52 bits per heavy atom. The van der Waals surface area contributed by atoms with Gasteiger partial charge in [0.1, 0.15) is 15.7 Å². The second kappa shape index (κ2) is 9.22. The minimum atomic E-state index is -3.39. The van der Waals surface area contributed by atoms with Gasteiger partial charge in [0, 0.05) is 11.8 Å². The number of hydrogen-bond donors (Lipinski definition) is 0. The lowest BCUT2D eigenvalue weighted by atomic mass is 10.2. The number of hydrogen-bond acceptors (Lipinski definition) is 8. The van der Waals surface area contributed by atoms with Crippen LogP contribution in [0.2, 0.25) is 10.0 Å². The molecule has 0 atom stereocenters. The first-order chi connectivity index (χ1) is 15.7. The standard InChI is InChI=1S/C21H16Cl2N4O4S2/c1-3-31-21(28)17-16(23)18(27(26-17)15-10-5-4-9-14(15)22)20-25-24-19(32-20)12-7-6-8-13(11-12)33(2,29)30/h4-11H,3H2,1-2H3. The number of aromatic nitrogens is 4. The van der Waals surface area contributed by atoms with Gasteiger partial charge in [-0.15, -0.1) is 10.2 Å². The third kappa shape index (κ3) is 4.65. The van der Waals surface area contributed by atoms with E-state index in [-0.39, 0.29) is 22.2 Å². The molecule has 0 bridgehead atoms. The van der Waals surface area contributed by atoms with Gasteiger partial charge in [-0.1, -0.05) is 58.8 Å². The van der Waals surface area contributed by atoms with Crippen molar-refractivity contribution >= 4 is 50.3 Å². The summed E-state index contributed by atoms with van der Waals surface area (Å²) >= 11 is 14.1. The number of carbonyl (C=O) groups excluding carboxylic acids is 1. The number of ether oxygens (including phenoxy) is 1. The van der Waals surface area contributed by atoms with Gasteiger partial charge in [0.2, 0.25) is 0 Å². The molecule has 0 aliphatic heterocycles. The molecule has 0 saturated heterocycles. The lowest BCUT2D eigenvalue weighted by Crippen LogP contribution is -2.07. The number of benzene rings is 2. The molecule has 2 aromatic heterocycles. The third-order valence-electron chi connectivity index (χ3n) is 4.51. The van der Waals surface area contributed by atoms with Crippen molar-refractivity contribution in [3.8, 4) is 27.0 Å². The number of esters is 1. The summed E-state index contributed by atoms with van der Waals surface area (Å²) in [7, 11) is -3.39. The Hall–Kier alpha value is -2.79. The number of rotatable bonds is 6. The molecule has 0 N–H and O–H groups in total. The zero-order chi connectivity index (χ0) is 23.8. The fourth-order valence-corrected chi connectivity index (χ4v) is 5.11. The highest BCUT2D eigenvalue weighted by atomic mass is 35.5. The van der Waals surface area contributed by atoms with E-state index in [0.29, 0.717) is 32.0 Å². The van der Waals surface area contributed by atoms with Crippen LogP contribution in [0.5, 0.6) is 0 Å². The monoisotopic (exact) mass is 522 g/mol. The molecule has 0 amide bonds. The van der Waals surface area contributed by atoms with E-state index >= 15 is 0 Å². The number of carbonyl (C=O) groups is 1. The van der Waals surface area contributed by atoms with Crippen LogP contribution in [0.1, 0.15) is 17.4 Å². The normalized spacial score (nSPS) is 11.5. The lowest BCUT2D eigenvalue weighted by Gasteiger charge is -2.07. The number of para-hydroxylation sites is 1. The van der Waals surface area contributed by atoms with Crippen LogP contribution in [0, 0.1) is 0 Å². The van der Waals surface area contributed by atoms with Gasteiger partial charge in [0.25, 0.3) is 0 Å². The van der Waals surface area contributed by atoms with E-state index in [1.54, 1.807) is 43.3 Å². The summed E-state index contributed by atoms with van der Waals surface area (Å²) in [6.07, 6.45) is 1.14. The molecule has 0 unspecified atom stereocenters. The number of halogens is 2. The van der Waals surface area contributed by atoms with Crippen molar-refractivity contribution in [3.05, 3.63) is 64.3 Å². The summed E-state index contributed by atoms with van der Waals surface area (Å²) in [6, 6.07) is 13.3. The summed E-state index contributed by atoms with van der Waals surface area (Å²) in [5.41, 5.74) is 1.30. The molecule has 0 aliphatic rings. The van der Waals surface area contributed by atoms with Crippen LogP contribution in [-0.2, 0) is 14.6 Å². The molecule has 0 radical (unpaired) electrons. The molecule has 170 valence electrons. The second-order valence-electron chi connectivity index (χ2n) is 6.81. The van der Waals surface area contributed by atoms with Crippen molar-refractivity contribution in [1.82, 2.24) is 20.0 Å². The minimum absolute atomic E-state index is 0.0426. The predicted octanol–water partition coefficient (Wildman–Crippen LogP) is 4.94. The van der Waals surface area contributed by atoms with Gasteiger partial charge in [-0.25, -0.2) is 17.9 Å². The fraction of sp³-hybridized carbons (Fsp3) is 0.143. The first-order valence-electron chi connectivity index (χ1n) is 9.55. The van der Waals surface area contributed by atoms with Crippen LogP contribution < -0.4 is 0 Å². The Balaban J connectivity index is 1.87. The fourth-order valence-electron chi connectivity index (χ4n) is 3.01. The maximum atomic E-state index is 12.4. The van der Waals surface area contributed by atoms with E-state index in [4.69, 9.17) is 27.9 Å². The average molecular weight is 523 g/mol. The van der Waals surface area contributed by atoms with Crippen LogP contribution in [-0.4, -0.2) is 47.2 Å². The molecule has 0 saturated carbocycles. The maximum Gasteiger partial charge on any atom is 0.360 e. The quantitative estimate of drug-likeness (QED) is 0.330. The van der Waals surface area contributed by atoms with E-state index in [9.17, 15) is 13.2 Å². The van der Waals surface area contributed by atoms with Crippen molar-refractivity contribution in [3.63, 3.8) is 0 Å². The first-order valence-corrected chi connectivity index (χ1v) is 13.0. The Morgan fingerprint density at radius 2 is 1.82 bits per heavy atom. The maximum absolute atomic E-state index is 12.4. The molecule has 33 heavy (non-hydrogen) atoms. The van der Waals surface area contributed by atoms with Crippen molar-refractivity contribution in [2.24, 2.45) is 0 Å². The van der Waals surface area contributed by atoms with Gasteiger partial charge in [-0.05, 0) is 31.2 Å². The van der Waals surface area contributed by atoms with Crippen molar-refractivity contribution < 1.29 is 17.9 Å². The number of nitrogens with zero attached hydrogens (tertiary/aromatic N) is 4. The Kier molecular flexibility index (Phi) is 6.53. The summed E-state index contributed by atoms with van der Waals surface area (Å²) in [6.45, 7) is 1.84. The Morgan fingerprint density at radius 1 is 1.09 bits per heavy atom. The van der Waals surface area contributed by atoms with E-state index < -0.39 is 15.8 Å². The smallest absolute Gasteiger partial charge is 0.360 e. The van der Waals surface area contributed by atoms with Gasteiger partial charge >= 0.3 is 5.97 Å². The largest absolute Gasteiger partial charge is 0.461 e. The molecule has 4 rings (SSSR count). The third-order valence-corrected chi connectivity index (χ3v) is 7.28. The zero-order valence-corrected chi connectivity index (χ0v) is 20.5. The van der Waals surface area contributed by atoms with Crippen LogP contribution in [0.25, 0.3) is 27.0 Å². The van der Waals surface area contributed by atoms with Gasteiger partial charge in [-0.2, -0.15) is 5.10 Å². The highest BCUT2D eigenvalue weighted by Crippen LogP contribution is 2.38. The summed E-state index contributed by atoms with van der Waals surface area (Å²) in [5, 5.41) is 14.0. The molecule has 0 fully saturated rings. The van der Waals surface area contributed by atoms with Crippen LogP contribution in [0.15, 0.2) is 53.4 Å². The van der Waals surface area contributed by atoms with Crippen molar-refractivity contribution in [1.29, 1.82) is 0 Å². The van der Waals surface area contributed by atoms with E-state index in [2.05, 4.69) is 15.3 Å². The zero-order valence-electron chi connectivity index (χ0n) is 17.3. The minimum Gasteiger partial charge on any atom is -0.461 e. The average Bonchev–Trinajstić information content (AvgIpc) is 3.38.